The maximum absolute atomic E-state index is 14.4. The number of aryl methyl sites for hydroxylation is 1. The number of anilines is 2. The maximum Gasteiger partial charge on any atom is 0.256 e. The van der Waals surface area contributed by atoms with E-state index in [0.717, 1.165) is 12.1 Å². The molecule has 8 heteroatoms. The molecule has 0 atom stereocenters. The van der Waals surface area contributed by atoms with E-state index >= 15 is 0 Å². The molecule has 5 nitrogen and oxygen atoms in total. The monoisotopic (exact) mass is 379 g/mol. The van der Waals surface area contributed by atoms with Crippen LogP contribution in [0, 0.1) is 24.4 Å². The zero-order valence-electron chi connectivity index (χ0n) is 14.9. The molecule has 1 saturated heterocycles. The Hall–Kier alpha value is -2.58. The van der Waals surface area contributed by atoms with Crippen LogP contribution in [0.4, 0.5) is 24.5 Å². The summed E-state index contributed by atoms with van der Waals surface area (Å²) in [7, 11) is 1.68. The number of rotatable bonds is 5. The second-order valence-corrected chi connectivity index (χ2v) is 6.81. The quantitative estimate of drug-likeness (QED) is 0.747. The predicted octanol–water partition coefficient (Wildman–Crippen LogP) is 2.56. The van der Waals surface area contributed by atoms with Crippen LogP contribution < -0.4 is 10.6 Å². The predicted molar refractivity (Wildman–Crippen MR) is 95.6 cm³/mol. The second-order valence-electron chi connectivity index (χ2n) is 6.81. The highest BCUT2D eigenvalue weighted by Gasteiger charge is 2.43. The van der Waals surface area contributed by atoms with E-state index in [9.17, 15) is 23.1 Å². The number of carbonyl (C=O) groups excluding carboxylic acids is 1. The third-order valence-electron chi connectivity index (χ3n) is 4.47. The van der Waals surface area contributed by atoms with Gasteiger partial charge in [-0.15, -0.1) is 0 Å². The summed E-state index contributed by atoms with van der Waals surface area (Å²) in [4.78, 5) is 14.0. The third-order valence-corrected chi connectivity index (χ3v) is 4.47. The summed E-state index contributed by atoms with van der Waals surface area (Å²) in [5.74, 6) is -3.65. The van der Waals surface area contributed by atoms with Crippen molar-refractivity contribution in [2.75, 3.05) is 32.0 Å². The standard InChI is InChI=1S/C19H20F3N3O2/c1-11-3-6-15(14(21)7-11)24-17-12(4-5-13(20)16(17)22)18(26)25-9-19(27,10-25)8-23-2/h3-7,23-24,27H,8-10H2,1-2H3. The SMILES string of the molecule is CNCC1(O)CN(C(=O)c2ccc(F)c(F)c2Nc2ccc(C)cc2F)C1. The average Bonchev–Trinajstić information content (AvgIpc) is 2.58. The number of nitrogens with one attached hydrogen (secondary N) is 2. The number of halogens is 3. The molecule has 0 aromatic heterocycles. The Morgan fingerprint density at radius 1 is 1.19 bits per heavy atom. The van der Waals surface area contributed by atoms with Gasteiger partial charge in [-0.25, -0.2) is 13.2 Å². The summed E-state index contributed by atoms with van der Waals surface area (Å²) in [5, 5.41) is 15.5. The van der Waals surface area contributed by atoms with Gasteiger partial charge in [-0.1, -0.05) is 6.07 Å². The van der Waals surface area contributed by atoms with E-state index in [0.29, 0.717) is 12.1 Å². The topological polar surface area (TPSA) is 64.6 Å². The molecule has 0 spiro atoms. The number of likely N-dealkylation sites (N-methyl/N-ethyl adjacent to an activating group) is 1. The normalized spacial score (nSPS) is 15.4. The summed E-state index contributed by atoms with van der Waals surface area (Å²) in [6.07, 6.45) is 0. The van der Waals surface area contributed by atoms with Gasteiger partial charge in [0.25, 0.3) is 5.91 Å². The van der Waals surface area contributed by atoms with Crippen LogP contribution in [-0.4, -0.2) is 48.2 Å². The lowest BCUT2D eigenvalue weighted by atomic mass is 9.93. The number of likely N-dealkylation sites (tertiary alicyclic amines) is 1. The molecule has 0 radical (unpaired) electrons. The molecule has 27 heavy (non-hydrogen) atoms. The molecule has 3 N–H and O–H groups in total. The van der Waals surface area contributed by atoms with Crippen LogP contribution in [0.5, 0.6) is 0 Å². The number of carbonyl (C=O) groups is 1. The van der Waals surface area contributed by atoms with Crippen molar-refractivity contribution in [1.29, 1.82) is 0 Å². The fourth-order valence-electron chi connectivity index (χ4n) is 3.13. The molecule has 1 fully saturated rings. The minimum atomic E-state index is -1.27. The van der Waals surface area contributed by atoms with E-state index in [4.69, 9.17) is 0 Å². The van der Waals surface area contributed by atoms with Crippen LogP contribution in [0.3, 0.4) is 0 Å². The van der Waals surface area contributed by atoms with Crippen molar-refractivity contribution in [1.82, 2.24) is 10.2 Å². The Morgan fingerprint density at radius 2 is 1.89 bits per heavy atom. The van der Waals surface area contributed by atoms with Crippen molar-refractivity contribution in [3.8, 4) is 0 Å². The molecule has 1 heterocycles. The molecule has 1 aliphatic heterocycles. The van der Waals surface area contributed by atoms with Crippen molar-refractivity contribution in [3.05, 3.63) is 58.9 Å². The van der Waals surface area contributed by atoms with Gasteiger partial charge in [0.2, 0.25) is 0 Å². The zero-order valence-corrected chi connectivity index (χ0v) is 14.9. The molecule has 0 unspecified atom stereocenters. The van der Waals surface area contributed by atoms with Gasteiger partial charge in [0.1, 0.15) is 11.4 Å². The largest absolute Gasteiger partial charge is 0.385 e. The number of hydrogen-bond acceptors (Lipinski definition) is 4. The number of β-amino-alcohol motifs (C(OH)–C–C–N with tert-alkyl or cyclic N) is 1. The maximum atomic E-state index is 14.4. The van der Waals surface area contributed by atoms with Gasteiger partial charge >= 0.3 is 0 Å². The van der Waals surface area contributed by atoms with Crippen LogP contribution >= 0.6 is 0 Å². The summed E-state index contributed by atoms with van der Waals surface area (Å²) in [6, 6.07) is 6.23. The fourth-order valence-corrected chi connectivity index (χ4v) is 3.13. The number of nitrogens with zero attached hydrogens (tertiary/aromatic N) is 1. The smallest absolute Gasteiger partial charge is 0.256 e. The minimum absolute atomic E-state index is 0.0595. The Balaban J connectivity index is 1.90. The first-order valence-corrected chi connectivity index (χ1v) is 8.41. The Kier molecular flexibility index (Phi) is 5.12. The van der Waals surface area contributed by atoms with Crippen molar-refractivity contribution < 1.29 is 23.1 Å². The number of aliphatic hydroxyl groups is 1. The van der Waals surface area contributed by atoms with E-state index in [2.05, 4.69) is 10.6 Å². The van der Waals surface area contributed by atoms with E-state index in [1.165, 1.54) is 17.0 Å². The number of amides is 1. The molecular weight excluding hydrogens is 359 g/mol. The van der Waals surface area contributed by atoms with Crippen LogP contribution in [0.15, 0.2) is 30.3 Å². The number of benzene rings is 2. The Bertz CT molecular complexity index is 883. The van der Waals surface area contributed by atoms with Gasteiger partial charge in [0.05, 0.1) is 30.0 Å². The highest BCUT2D eigenvalue weighted by atomic mass is 19.2. The highest BCUT2D eigenvalue weighted by molar-refractivity contribution is 6.01. The van der Waals surface area contributed by atoms with Crippen molar-refractivity contribution in [2.45, 2.75) is 12.5 Å². The van der Waals surface area contributed by atoms with Crippen molar-refractivity contribution in [3.63, 3.8) is 0 Å². The van der Waals surface area contributed by atoms with Crippen LogP contribution in [0.2, 0.25) is 0 Å². The van der Waals surface area contributed by atoms with Crippen molar-refractivity contribution in [2.24, 2.45) is 0 Å². The number of hydrogen-bond donors (Lipinski definition) is 3. The lowest BCUT2D eigenvalue weighted by molar-refractivity contribution is -0.0775. The van der Waals surface area contributed by atoms with Gasteiger partial charge in [-0.05, 0) is 43.8 Å². The zero-order chi connectivity index (χ0) is 19.8. The third kappa shape index (κ3) is 3.77. The lowest BCUT2D eigenvalue weighted by Crippen LogP contribution is -2.67. The van der Waals surface area contributed by atoms with Crippen LogP contribution in [-0.2, 0) is 0 Å². The van der Waals surface area contributed by atoms with Crippen molar-refractivity contribution >= 4 is 17.3 Å². The molecule has 0 saturated carbocycles. The lowest BCUT2D eigenvalue weighted by Gasteiger charge is -2.46. The van der Waals surface area contributed by atoms with Gasteiger partial charge in [0, 0.05) is 6.54 Å². The summed E-state index contributed by atoms with van der Waals surface area (Å²) < 4.78 is 42.2. The van der Waals surface area contributed by atoms with Gasteiger partial charge in [-0.2, -0.15) is 0 Å². The summed E-state index contributed by atoms with van der Waals surface area (Å²) >= 11 is 0. The Morgan fingerprint density at radius 3 is 2.52 bits per heavy atom. The molecule has 0 bridgehead atoms. The highest BCUT2D eigenvalue weighted by Crippen LogP contribution is 2.31. The molecule has 2 aromatic rings. The first kappa shape index (κ1) is 19.2. The second kappa shape index (κ2) is 7.21. The Labute approximate surface area is 154 Å². The van der Waals surface area contributed by atoms with Crippen LogP contribution in [0.1, 0.15) is 15.9 Å². The van der Waals surface area contributed by atoms with Gasteiger partial charge in [-0.3, -0.25) is 4.79 Å². The van der Waals surface area contributed by atoms with E-state index in [1.54, 1.807) is 20.0 Å². The summed E-state index contributed by atoms with van der Waals surface area (Å²) in [6.45, 7) is 2.11. The molecule has 1 amide bonds. The van der Waals surface area contributed by atoms with Gasteiger partial charge < -0.3 is 20.6 Å². The van der Waals surface area contributed by atoms with E-state index < -0.39 is 34.6 Å². The van der Waals surface area contributed by atoms with E-state index in [-0.39, 0.29) is 24.3 Å². The average molecular weight is 379 g/mol. The van der Waals surface area contributed by atoms with Crippen LogP contribution in [0.25, 0.3) is 0 Å². The minimum Gasteiger partial charge on any atom is -0.385 e. The summed E-state index contributed by atoms with van der Waals surface area (Å²) in [5.41, 5.74) is -1.04. The first-order chi connectivity index (χ1) is 12.7. The molecule has 0 aliphatic carbocycles. The van der Waals surface area contributed by atoms with E-state index in [1.807, 2.05) is 0 Å². The molecule has 2 aromatic carbocycles. The molecular formula is C19H20F3N3O2. The molecule has 3 rings (SSSR count). The fraction of sp³-hybridized carbons (Fsp3) is 0.316. The van der Waals surface area contributed by atoms with Gasteiger partial charge in [0.15, 0.2) is 11.6 Å². The molecule has 1 aliphatic rings. The molecule has 144 valence electrons. The first-order valence-electron chi connectivity index (χ1n) is 8.41.